The van der Waals surface area contributed by atoms with Gasteiger partial charge in [-0.15, -0.1) is 0 Å². The zero-order valence-corrected chi connectivity index (χ0v) is 19.4. The van der Waals surface area contributed by atoms with Crippen LogP contribution in [0.4, 0.5) is 17.1 Å². The molecule has 5 rings (SSSR count). The molecule has 1 fully saturated rings. The Morgan fingerprint density at radius 1 is 1.03 bits per heavy atom. The highest BCUT2D eigenvalue weighted by Gasteiger charge is 2.35. The van der Waals surface area contributed by atoms with Gasteiger partial charge in [0.1, 0.15) is 17.2 Å². The molecule has 172 valence electrons. The third kappa shape index (κ3) is 4.72. The smallest absolute Gasteiger partial charge is 0.271 e. The van der Waals surface area contributed by atoms with E-state index in [2.05, 4.69) is 9.98 Å². The van der Waals surface area contributed by atoms with Crippen LogP contribution in [0, 0.1) is 10.1 Å². The Kier molecular flexibility index (Phi) is 6.17. The third-order valence-corrected chi connectivity index (χ3v) is 6.30. The zero-order valence-electron chi connectivity index (χ0n) is 17.9. The maximum absolute atomic E-state index is 13.4. The number of nitrogens with zero attached hydrogens (tertiary/aromatic N) is 4. The SMILES string of the molecule is O=C1/C(=C\c2ccc(-c3ccc([N+](=O)[O-])cc3)o2)SC(=Nc2cccnc2Cl)N1c1ccccc1. The number of para-hydroxylation sites is 1. The standard InChI is InChI=1S/C25H15ClN4O4S/c26-23-20(7-4-14-27-23)28-25-29(17-5-2-1-3-6-17)24(31)22(35-25)15-19-12-13-21(34-19)16-8-10-18(11-9-16)30(32)33/h1-15H/b22-15+,28-25?. The number of carbonyl (C=O) groups excluding carboxylic acids is 1. The molecule has 10 heteroatoms. The molecule has 1 amide bonds. The van der Waals surface area contributed by atoms with Crippen LogP contribution in [-0.2, 0) is 4.79 Å². The van der Waals surface area contributed by atoms with Gasteiger partial charge in [0.25, 0.3) is 11.6 Å². The van der Waals surface area contributed by atoms with Crippen LogP contribution in [0.2, 0.25) is 5.15 Å². The minimum atomic E-state index is -0.457. The number of hydrogen-bond acceptors (Lipinski definition) is 7. The van der Waals surface area contributed by atoms with Crippen LogP contribution in [0.25, 0.3) is 17.4 Å². The molecule has 0 spiro atoms. The fourth-order valence-electron chi connectivity index (χ4n) is 3.38. The summed E-state index contributed by atoms with van der Waals surface area (Å²) in [5.74, 6) is 0.731. The van der Waals surface area contributed by atoms with Crippen molar-refractivity contribution in [1.29, 1.82) is 0 Å². The summed E-state index contributed by atoms with van der Waals surface area (Å²) in [6.45, 7) is 0. The van der Waals surface area contributed by atoms with Gasteiger partial charge in [-0.2, -0.15) is 0 Å². The Morgan fingerprint density at radius 3 is 2.51 bits per heavy atom. The number of aliphatic imine (C=N–C) groups is 1. The van der Waals surface area contributed by atoms with E-state index in [-0.39, 0.29) is 16.7 Å². The van der Waals surface area contributed by atoms with Crippen molar-refractivity contribution < 1.29 is 14.1 Å². The molecule has 1 aliphatic heterocycles. The maximum atomic E-state index is 13.4. The number of pyridine rings is 1. The van der Waals surface area contributed by atoms with Crippen LogP contribution in [0.5, 0.6) is 0 Å². The van der Waals surface area contributed by atoms with Crippen molar-refractivity contribution in [3.63, 3.8) is 0 Å². The molecule has 2 aromatic heterocycles. The number of carbonyl (C=O) groups is 1. The van der Waals surface area contributed by atoms with Gasteiger partial charge in [-0.05, 0) is 60.3 Å². The fourth-order valence-corrected chi connectivity index (χ4v) is 4.52. The number of benzene rings is 2. The number of non-ortho nitro benzene ring substituents is 1. The number of amides is 1. The summed E-state index contributed by atoms with van der Waals surface area (Å²) < 4.78 is 5.89. The molecule has 8 nitrogen and oxygen atoms in total. The second-order valence-corrected chi connectivity index (χ2v) is 8.67. The number of halogens is 1. The summed E-state index contributed by atoms with van der Waals surface area (Å²) in [6.07, 6.45) is 3.21. The first kappa shape index (κ1) is 22.6. The lowest BCUT2D eigenvalue weighted by Gasteiger charge is -2.15. The van der Waals surface area contributed by atoms with Crippen molar-refractivity contribution >= 4 is 57.6 Å². The van der Waals surface area contributed by atoms with E-state index in [4.69, 9.17) is 16.0 Å². The van der Waals surface area contributed by atoms with E-state index in [1.165, 1.54) is 28.8 Å². The van der Waals surface area contributed by atoms with Gasteiger partial charge in [0.2, 0.25) is 0 Å². The van der Waals surface area contributed by atoms with E-state index in [1.54, 1.807) is 48.7 Å². The number of aromatic nitrogens is 1. The summed E-state index contributed by atoms with van der Waals surface area (Å²) in [6, 6.07) is 22.2. The first-order chi connectivity index (χ1) is 17.0. The molecular weight excluding hydrogens is 488 g/mol. The van der Waals surface area contributed by atoms with Gasteiger partial charge < -0.3 is 4.42 Å². The van der Waals surface area contributed by atoms with Gasteiger partial charge in [-0.1, -0.05) is 29.8 Å². The number of hydrogen-bond donors (Lipinski definition) is 0. The van der Waals surface area contributed by atoms with E-state index in [1.807, 2.05) is 30.3 Å². The predicted octanol–water partition coefficient (Wildman–Crippen LogP) is 6.71. The second kappa shape index (κ2) is 9.57. The number of nitro benzene ring substituents is 1. The number of anilines is 1. The molecule has 3 heterocycles. The Hall–Kier alpha value is -4.21. The summed E-state index contributed by atoms with van der Waals surface area (Å²) in [5.41, 5.74) is 1.80. The molecule has 1 aliphatic rings. The molecule has 2 aromatic carbocycles. The van der Waals surface area contributed by atoms with Gasteiger partial charge in [0.05, 0.1) is 15.5 Å². The maximum Gasteiger partial charge on any atom is 0.271 e. The van der Waals surface area contributed by atoms with Crippen LogP contribution < -0.4 is 4.90 Å². The Balaban J connectivity index is 1.48. The van der Waals surface area contributed by atoms with E-state index in [0.29, 0.717) is 38.5 Å². The first-order valence-electron chi connectivity index (χ1n) is 10.3. The first-order valence-corrected chi connectivity index (χ1v) is 11.5. The Bertz CT molecular complexity index is 1480. The largest absolute Gasteiger partial charge is 0.457 e. The van der Waals surface area contributed by atoms with Crippen LogP contribution in [0.15, 0.2) is 99.4 Å². The van der Waals surface area contributed by atoms with Gasteiger partial charge in [0.15, 0.2) is 10.3 Å². The number of amidine groups is 1. The lowest BCUT2D eigenvalue weighted by atomic mass is 10.1. The highest BCUT2D eigenvalue weighted by molar-refractivity contribution is 8.19. The molecule has 0 bridgehead atoms. The van der Waals surface area contributed by atoms with Crippen molar-refractivity contribution in [2.75, 3.05) is 4.90 Å². The van der Waals surface area contributed by atoms with Gasteiger partial charge >= 0.3 is 0 Å². The molecule has 1 saturated heterocycles. The molecule has 0 radical (unpaired) electrons. The summed E-state index contributed by atoms with van der Waals surface area (Å²) in [5, 5.41) is 11.6. The Labute approximate surface area is 208 Å². The number of furan rings is 1. The predicted molar refractivity (Wildman–Crippen MR) is 137 cm³/mol. The molecule has 0 atom stereocenters. The molecule has 0 saturated carbocycles. The minimum Gasteiger partial charge on any atom is -0.457 e. The van der Waals surface area contributed by atoms with Crippen LogP contribution in [0.3, 0.4) is 0 Å². The average molecular weight is 503 g/mol. The molecule has 0 unspecified atom stereocenters. The van der Waals surface area contributed by atoms with Crippen molar-refractivity contribution in [3.05, 3.63) is 111 Å². The van der Waals surface area contributed by atoms with Crippen molar-refractivity contribution in [2.24, 2.45) is 4.99 Å². The summed E-state index contributed by atoms with van der Waals surface area (Å²) in [4.78, 5) is 34.4. The van der Waals surface area contributed by atoms with Gasteiger partial charge in [-0.3, -0.25) is 19.8 Å². The van der Waals surface area contributed by atoms with Crippen molar-refractivity contribution in [3.8, 4) is 11.3 Å². The molecule has 4 aromatic rings. The minimum absolute atomic E-state index is 0.00265. The molecule has 35 heavy (non-hydrogen) atoms. The number of rotatable bonds is 5. The number of nitro groups is 1. The third-order valence-electron chi connectivity index (χ3n) is 5.04. The van der Waals surface area contributed by atoms with Gasteiger partial charge in [0, 0.05) is 30.0 Å². The monoisotopic (exact) mass is 502 g/mol. The normalized spacial score (nSPS) is 15.8. The van der Waals surface area contributed by atoms with E-state index in [0.717, 1.165) is 0 Å². The topological polar surface area (TPSA) is 102 Å². The van der Waals surface area contributed by atoms with E-state index in [9.17, 15) is 14.9 Å². The highest BCUT2D eigenvalue weighted by Crippen LogP contribution is 2.38. The van der Waals surface area contributed by atoms with E-state index < -0.39 is 4.92 Å². The molecule has 0 N–H and O–H groups in total. The van der Waals surface area contributed by atoms with E-state index >= 15 is 0 Å². The second-order valence-electron chi connectivity index (χ2n) is 7.30. The number of thioether (sulfide) groups is 1. The van der Waals surface area contributed by atoms with Crippen molar-refractivity contribution in [1.82, 2.24) is 4.98 Å². The average Bonchev–Trinajstić information content (AvgIpc) is 3.46. The lowest BCUT2D eigenvalue weighted by molar-refractivity contribution is -0.384. The quantitative estimate of drug-likeness (QED) is 0.130. The summed E-state index contributed by atoms with van der Waals surface area (Å²) >= 11 is 7.39. The fraction of sp³-hybridized carbons (Fsp3) is 0. The molecular formula is C25H15ClN4O4S. The van der Waals surface area contributed by atoms with Crippen LogP contribution >= 0.6 is 23.4 Å². The Morgan fingerprint density at radius 2 is 1.80 bits per heavy atom. The highest BCUT2D eigenvalue weighted by atomic mass is 35.5. The van der Waals surface area contributed by atoms with Crippen molar-refractivity contribution in [2.45, 2.75) is 0 Å². The van der Waals surface area contributed by atoms with Crippen LogP contribution in [0.1, 0.15) is 5.76 Å². The zero-order chi connectivity index (χ0) is 24.4. The molecule has 0 aliphatic carbocycles. The lowest BCUT2D eigenvalue weighted by Crippen LogP contribution is -2.28. The summed E-state index contributed by atoms with van der Waals surface area (Å²) in [7, 11) is 0. The van der Waals surface area contributed by atoms with Gasteiger partial charge in [-0.25, -0.2) is 9.98 Å². The van der Waals surface area contributed by atoms with Crippen LogP contribution in [-0.4, -0.2) is 21.0 Å².